The zero-order chi connectivity index (χ0) is 23.9. The minimum absolute atomic E-state index is 0.000106. The molecule has 0 amide bonds. The number of aromatic nitrogens is 4. The Labute approximate surface area is 195 Å². The molecule has 0 unspecified atom stereocenters. The fourth-order valence-corrected chi connectivity index (χ4v) is 4.25. The summed E-state index contributed by atoms with van der Waals surface area (Å²) in [5.74, 6) is 1.56. The molecule has 2 heterocycles. The van der Waals surface area contributed by atoms with Crippen molar-refractivity contribution in [3.63, 3.8) is 0 Å². The summed E-state index contributed by atoms with van der Waals surface area (Å²) in [7, 11) is -4.02. The molecule has 176 valence electrons. The van der Waals surface area contributed by atoms with Crippen molar-refractivity contribution in [3.05, 3.63) is 71.0 Å². The first-order valence-electron chi connectivity index (χ1n) is 11.2. The fourth-order valence-electron chi connectivity index (χ4n) is 3.77. The standard InChI is InChI=1S/C17H23N5.C7H8O3S/c1-16(2,3)22-20-15(19-21-22)17(8-9-17)14-6-4-12(5-7-14)13-10-18-11-13;1-6-2-4-7(5-3-6)11(8,9)10/h4-7,13,18H,8-11H2,1-3H3;2-5H,1H3,(H,8,9,10). The van der Waals surface area contributed by atoms with Gasteiger partial charge in [-0.25, -0.2) is 0 Å². The van der Waals surface area contributed by atoms with Crippen LogP contribution in [0.1, 0.15) is 62.0 Å². The molecule has 0 spiro atoms. The molecule has 9 heteroatoms. The average molecular weight is 470 g/mol. The molecule has 0 radical (unpaired) electrons. The van der Waals surface area contributed by atoms with E-state index in [0.717, 1.165) is 37.3 Å². The molecule has 2 N–H and O–H groups in total. The van der Waals surface area contributed by atoms with Gasteiger partial charge in [0.05, 0.1) is 15.8 Å². The van der Waals surface area contributed by atoms with Crippen LogP contribution in [-0.4, -0.2) is 46.3 Å². The van der Waals surface area contributed by atoms with Gasteiger partial charge >= 0.3 is 0 Å². The minimum Gasteiger partial charge on any atom is -0.315 e. The monoisotopic (exact) mass is 469 g/mol. The van der Waals surface area contributed by atoms with Crippen LogP contribution in [0.25, 0.3) is 0 Å². The number of rotatable bonds is 4. The van der Waals surface area contributed by atoms with Crippen LogP contribution in [0.3, 0.4) is 0 Å². The molecule has 1 aliphatic heterocycles. The molecule has 5 rings (SSSR count). The van der Waals surface area contributed by atoms with Crippen LogP contribution in [0.4, 0.5) is 0 Å². The van der Waals surface area contributed by atoms with E-state index in [0.29, 0.717) is 5.92 Å². The first-order chi connectivity index (χ1) is 15.5. The van der Waals surface area contributed by atoms with Crippen LogP contribution in [0.15, 0.2) is 53.4 Å². The van der Waals surface area contributed by atoms with Gasteiger partial charge in [-0.15, -0.1) is 10.2 Å². The summed E-state index contributed by atoms with van der Waals surface area (Å²) in [4.78, 5) is 1.67. The van der Waals surface area contributed by atoms with Crippen molar-refractivity contribution in [2.75, 3.05) is 13.1 Å². The van der Waals surface area contributed by atoms with Crippen LogP contribution < -0.4 is 5.32 Å². The SMILES string of the molecule is CC(C)(C)n1nnc(C2(c3ccc(C4CNC4)cc3)CC2)n1.Cc1ccc(S(=O)(=O)O)cc1. The van der Waals surface area contributed by atoms with E-state index >= 15 is 0 Å². The molecule has 1 aliphatic carbocycles. The van der Waals surface area contributed by atoms with Crippen molar-refractivity contribution in [2.45, 2.75) is 62.3 Å². The normalized spacial score (nSPS) is 17.6. The Morgan fingerprint density at radius 3 is 2.06 bits per heavy atom. The molecule has 3 aromatic rings. The van der Waals surface area contributed by atoms with E-state index in [2.05, 4.69) is 65.8 Å². The summed E-state index contributed by atoms with van der Waals surface area (Å²) in [6.45, 7) is 10.3. The van der Waals surface area contributed by atoms with Crippen LogP contribution in [0, 0.1) is 6.92 Å². The van der Waals surface area contributed by atoms with Crippen LogP contribution in [0.5, 0.6) is 0 Å². The lowest BCUT2D eigenvalue weighted by Crippen LogP contribution is -2.39. The second-order valence-electron chi connectivity index (χ2n) is 9.92. The van der Waals surface area contributed by atoms with Crippen molar-refractivity contribution in [3.8, 4) is 0 Å². The highest BCUT2D eigenvalue weighted by Crippen LogP contribution is 2.52. The lowest BCUT2D eigenvalue weighted by atomic mass is 9.89. The molecular weight excluding hydrogens is 438 g/mol. The van der Waals surface area contributed by atoms with Gasteiger partial charge in [0.15, 0.2) is 5.82 Å². The number of nitrogens with one attached hydrogen (secondary N) is 1. The van der Waals surface area contributed by atoms with Crippen molar-refractivity contribution in [1.29, 1.82) is 0 Å². The van der Waals surface area contributed by atoms with Crippen LogP contribution >= 0.6 is 0 Å². The van der Waals surface area contributed by atoms with E-state index in [9.17, 15) is 8.42 Å². The zero-order valence-electron chi connectivity index (χ0n) is 19.5. The van der Waals surface area contributed by atoms with E-state index in [1.54, 1.807) is 16.9 Å². The van der Waals surface area contributed by atoms with E-state index < -0.39 is 10.1 Å². The van der Waals surface area contributed by atoms with Gasteiger partial charge in [-0.05, 0) is 69.0 Å². The fraction of sp³-hybridized carbons (Fsp3) is 0.458. The molecule has 2 aromatic carbocycles. The number of hydrogen-bond donors (Lipinski definition) is 2. The summed E-state index contributed by atoms with van der Waals surface area (Å²) < 4.78 is 29.6. The second-order valence-corrected chi connectivity index (χ2v) is 11.3. The van der Waals surface area contributed by atoms with Gasteiger partial charge in [0.1, 0.15) is 0 Å². The first kappa shape index (κ1) is 23.5. The Morgan fingerprint density at radius 1 is 1.03 bits per heavy atom. The van der Waals surface area contributed by atoms with E-state index in [1.165, 1.54) is 23.3 Å². The highest BCUT2D eigenvalue weighted by Gasteiger charge is 2.50. The molecule has 0 bridgehead atoms. The molecular formula is C24H31N5O3S. The molecule has 1 saturated heterocycles. The smallest absolute Gasteiger partial charge is 0.294 e. The molecule has 2 fully saturated rings. The van der Waals surface area contributed by atoms with Gasteiger partial charge in [0.25, 0.3) is 10.1 Å². The Balaban J connectivity index is 0.000000200. The van der Waals surface area contributed by atoms with E-state index in [-0.39, 0.29) is 15.8 Å². The summed E-state index contributed by atoms with van der Waals surface area (Å²) in [5, 5.41) is 16.6. The highest BCUT2D eigenvalue weighted by molar-refractivity contribution is 7.85. The van der Waals surface area contributed by atoms with Crippen molar-refractivity contribution in [1.82, 2.24) is 25.5 Å². The minimum atomic E-state index is -4.02. The Bertz CT molecular complexity index is 1200. The maximum Gasteiger partial charge on any atom is 0.294 e. The predicted octanol–water partition coefficient (Wildman–Crippen LogP) is 3.44. The molecule has 0 atom stereocenters. The quantitative estimate of drug-likeness (QED) is 0.563. The summed E-state index contributed by atoms with van der Waals surface area (Å²) in [6.07, 6.45) is 2.24. The predicted molar refractivity (Wildman–Crippen MR) is 126 cm³/mol. The second kappa shape index (κ2) is 8.62. The summed E-state index contributed by atoms with van der Waals surface area (Å²) in [5.41, 5.74) is 3.60. The zero-order valence-corrected chi connectivity index (χ0v) is 20.3. The number of aryl methyl sites for hydroxylation is 1. The third kappa shape index (κ3) is 5.15. The van der Waals surface area contributed by atoms with Crippen molar-refractivity contribution in [2.24, 2.45) is 0 Å². The molecule has 2 aliphatic rings. The van der Waals surface area contributed by atoms with E-state index in [4.69, 9.17) is 4.55 Å². The van der Waals surface area contributed by atoms with Gasteiger partial charge < -0.3 is 5.32 Å². The number of benzene rings is 2. The molecule has 1 aromatic heterocycles. The molecule has 1 saturated carbocycles. The molecule has 8 nitrogen and oxygen atoms in total. The lowest BCUT2D eigenvalue weighted by molar-refractivity contribution is 0.305. The van der Waals surface area contributed by atoms with Crippen LogP contribution in [-0.2, 0) is 21.1 Å². The van der Waals surface area contributed by atoms with Gasteiger partial charge in [0, 0.05) is 19.0 Å². The maximum atomic E-state index is 10.5. The largest absolute Gasteiger partial charge is 0.315 e. The summed E-state index contributed by atoms with van der Waals surface area (Å²) >= 11 is 0. The Kier molecular flexibility index (Phi) is 6.15. The third-order valence-electron chi connectivity index (χ3n) is 6.23. The first-order valence-corrected chi connectivity index (χ1v) is 12.6. The van der Waals surface area contributed by atoms with Crippen LogP contribution in [0.2, 0.25) is 0 Å². The number of nitrogens with zero attached hydrogens (tertiary/aromatic N) is 4. The van der Waals surface area contributed by atoms with Crippen molar-refractivity contribution >= 4 is 10.1 Å². The Hall–Kier alpha value is -2.62. The number of tetrazole rings is 1. The van der Waals surface area contributed by atoms with Gasteiger partial charge in [0.2, 0.25) is 0 Å². The average Bonchev–Trinajstić information content (AvgIpc) is 3.34. The van der Waals surface area contributed by atoms with Gasteiger partial charge in [-0.2, -0.15) is 13.2 Å². The molecule has 33 heavy (non-hydrogen) atoms. The van der Waals surface area contributed by atoms with Gasteiger partial charge in [-0.1, -0.05) is 42.0 Å². The van der Waals surface area contributed by atoms with E-state index in [1.807, 2.05) is 6.92 Å². The summed E-state index contributed by atoms with van der Waals surface area (Å²) in [6, 6.07) is 15.1. The van der Waals surface area contributed by atoms with Crippen molar-refractivity contribution < 1.29 is 13.0 Å². The highest BCUT2D eigenvalue weighted by atomic mass is 32.2. The third-order valence-corrected chi connectivity index (χ3v) is 7.09. The lowest BCUT2D eigenvalue weighted by Gasteiger charge is -2.27. The maximum absolute atomic E-state index is 10.5. The van der Waals surface area contributed by atoms with Gasteiger partial charge in [-0.3, -0.25) is 4.55 Å². The number of hydrogen-bond acceptors (Lipinski definition) is 6. The topological polar surface area (TPSA) is 110 Å². The Morgan fingerprint density at radius 2 is 1.64 bits per heavy atom.